The Morgan fingerprint density at radius 3 is 2.76 bits per heavy atom. The monoisotopic (exact) mass is 231 g/mol. The van der Waals surface area contributed by atoms with E-state index in [1.807, 2.05) is 0 Å². The van der Waals surface area contributed by atoms with Crippen LogP contribution in [-0.2, 0) is 6.42 Å². The highest BCUT2D eigenvalue weighted by molar-refractivity contribution is 5.54. The number of likely N-dealkylation sites (N-methyl/N-ethyl adjacent to an activating group) is 1. The zero-order valence-electron chi connectivity index (χ0n) is 10.6. The Morgan fingerprint density at radius 1 is 1.24 bits per heavy atom. The number of benzene rings is 1. The van der Waals surface area contributed by atoms with E-state index in [4.69, 9.17) is 4.74 Å². The molecule has 91 valence electrons. The van der Waals surface area contributed by atoms with Crippen molar-refractivity contribution >= 4 is 5.69 Å². The molecule has 2 heterocycles. The minimum Gasteiger partial charge on any atom is -0.489 e. The molecular weight excluding hydrogens is 212 g/mol. The van der Waals surface area contributed by atoms with Crippen molar-refractivity contribution in [2.24, 2.45) is 0 Å². The molecule has 1 radical (unpaired) electrons. The van der Waals surface area contributed by atoms with E-state index in [0.717, 1.165) is 38.3 Å². The van der Waals surface area contributed by atoms with Crippen molar-refractivity contribution in [2.45, 2.75) is 19.4 Å². The molecule has 0 spiro atoms. The maximum Gasteiger partial charge on any atom is 0.133 e. The zero-order chi connectivity index (χ0) is 11.8. The molecule has 1 unspecified atom stereocenters. The summed E-state index contributed by atoms with van der Waals surface area (Å²) in [4.78, 5) is 4.76. The van der Waals surface area contributed by atoms with Crippen LogP contribution in [0, 0.1) is 6.07 Å². The van der Waals surface area contributed by atoms with Gasteiger partial charge in [-0.1, -0.05) is 6.07 Å². The van der Waals surface area contributed by atoms with Gasteiger partial charge in [-0.25, -0.2) is 0 Å². The van der Waals surface area contributed by atoms with Gasteiger partial charge in [0.2, 0.25) is 0 Å². The van der Waals surface area contributed by atoms with E-state index in [9.17, 15) is 0 Å². The molecule has 3 nitrogen and oxygen atoms in total. The van der Waals surface area contributed by atoms with E-state index in [-0.39, 0.29) is 0 Å². The molecule has 1 saturated heterocycles. The summed E-state index contributed by atoms with van der Waals surface area (Å²) >= 11 is 0. The minimum atomic E-state index is 0.309. The second kappa shape index (κ2) is 4.22. The van der Waals surface area contributed by atoms with Gasteiger partial charge in [-0.15, -0.1) is 0 Å². The Kier molecular flexibility index (Phi) is 2.71. The van der Waals surface area contributed by atoms with Gasteiger partial charge < -0.3 is 14.5 Å². The van der Waals surface area contributed by atoms with Crippen molar-refractivity contribution in [3.05, 3.63) is 23.8 Å². The Labute approximate surface area is 103 Å². The maximum atomic E-state index is 5.77. The molecule has 0 aliphatic carbocycles. The van der Waals surface area contributed by atoms with Gasteiger partial charge in [-0.05, 0) is 25.6 Å². The smallest absolute Gasteiger partial charge is 0.133 e. The predicted octanol–water partition coefficient (Wildman–Crippen LogP) is 1.56. The molecule has 0 N–H and O–H groups in total. The second-order valence-corrected chi connectivity index (χ2v) is 5.12. The molecule has 3 rings (SSSR count). The van der Waals surface area contributed by atoms with Crippen LogP contribution in [0.15, 0.2) is 12.1 Å². The highest BCUT2D eigenvalue weighted by atomic mass is 16.5. The topological polar surface area (TPSA) is 15.7 Å². The summed E-state index contributed by atoms with van der Waals surface area (Å²) in [6, 6.07) is 7.81. The van der Waals surface area contributed by atoms with Crippen LogP contribution in [0.4, 0.5) is 5.69 Å². The molecule has 1 aromatic carbocycles. The highest BCUT2D eigenvalue weighted by Gasteiger charge is 2.21. The molecule has 0 aromatic heterocycles. The van der Waals surface area contributed by atoms with Crippen LogP contribution in [0.5, 0.6) is 5.75 Å². The molecule has 3 heteroatoms. The fourth-order valence-electron chi connectivity index (χ4n) is 2.54. The summed E-state index contributed by atoms with van der Waals surface area (Å²) in [5, 5.41) is 0. The van der Waals surface area contributed by atoms with E-state index >= 15 is 0 Å². The van der Waals surface area contributed by atoms with Gasteiger partial charge in [0.25, 0.3) is 0 Å². The summed E-state index contributed by atoms with van der Waals surface area (Å²) in [5.74, 6) is 0.967. The molecule has 2 aliphatic rings. The van der Waals surface area contributed by atoms with Crippen molar-refractivity contribution in [2.75, 3.05) is 38.1 Å². The molecule has 17 heavy (non-hydrogen) atoms. The van der Waals surface area contributed by atoms with Crippen LogP contribution in [-0.4, -0.2) is 44.2 Å². The first-order valence-electron chi connectivity index (χ1n) is 6.38. The van der Waals surface area contributed by atoms with Crippen LogP contribution in [0.3, 0.4) is 0 Å². The van der Waals surface area contributed by atoms with Gasteiger partial charge in [-0.2, -0.15) is 0 Å². The van der Waals surface area contributed by atoms with Crippen LogP contribution in [0.25, 0.3) is 0 Å². The largest absolute Gasteiger partial charge is 0.489 e. The first kappa shape index (κ1) is 10.9. The summed E-state index contributed by atoms with van der Waals surface area (Å²) in [5.41, 5.74) is 2.49. The highest BCUT2D eigenvalue weighted by Crippen LogP contribution is 2.32. The number of anilines is 1. The number of hydrogen-bond acceptors (Lipinski definition) is 3. The summed E-state index contributed by atoms with van der Waals surface area (Å²) in [7, 11) is 2.18. The lowest BCUT2D eigenvalue weighted by molar-refractivity contribution is 0.254. The fourth-order valence-corrected chi connectivity index (χ4v) is 2.54. The van der Waals surface area contributed by atoms with Crippen molar-refractivity contribution in [3.8, 4) is 5.75 Å². The van der Waals surface area contributed by atoms with Crippen LogP contribution in [0.2, 0.25) is 0 Å². The number of piperazine rings is 1. The average molecular weight is 231 g/mol. The molecule has 1 fully saturated rings. The van der Waals surface area contributed by atoms with Crippen LogP contribution >= 0.6 is 0 Å². The Morgan fingerprint density at radius 2 is 2.00 bits per heavy atom. The maximum absolute atomic E-state index is 5.77. The lowest BCUT2D eigenvalue weighted by atomic mass is 10.1. The van der Waals surface area contributed by atoms with E-state index in [2.05, 4.69) is 42.0 Å². The summed E-state index contributed by atoms with van der Waals surface area (Å²) < 4.78 is 5.77. The first-order chi connectivity index (χ1) is 8.22. The summed E-state index contributed by atoms with van der Waals surface area (Å²) in [6.07, 6.45) is 1.33. The number of ether oxygens (including phenoxy) is 1. The van der Waals surface area contributed by atoms with Gasteiger partial charge in [0, 0.05) is 38.3 Å². The normalized spacial score (nSPS) is 24.6. The molecule has 1 aromatic rings. The molecule has 0 bridgehead atoms. The molecule has 2 aliphatic heterocycles. The van der Waals surface area contributed by atoms with Crippen LogP contribution in [0.1, 0.15) is 12.5 Å². The molecule has 0 amide bonds. The lowest BCUT2D eigenvalue weighted by Crippen LogP contribution is -2.44. The van der Waals surface area contributed by atoms with Gasteiger partial charge >= 0.3 is 0 Å². The number of rotatable bonds is 1. The third-order valence-corrected chi connectivity index (χ3v) is 3.65. The molecule has 0 saturated carbocycles. The van der Waals surface area contributed by atoms with Gasteiger partial charge in [-0.3, -0.25) is 0 Å². The zero-order valence-corrected chi connectivity index (χ0v) is 10.6. The van der Waals surface area contributed by atoms with E-state index in [0.29, 0.717) is 6.10 Å². The Bertz CT molecular complexity index is 411. The number of hydrogen-bond donors (Lipinski definition) is 0. The third kappa shape index (κ3) is 2.12. The van der Waals surface area contributed by atoms with Crippen molar-refractivity contribution < 1.29 is 4.74 Å². The molecular formula is C14H19N2O. The number of fused-ring (bicyclic) bond motifs is 1. The third-order valence-electron chi connectivity index (χ3n) is 3.65. The van der Waals surface area contributed by atoms with E-state index < -0.39 is 0 Å². The van der Waals surface area contributed by atoms with Crippen molar-refractivity contribution in [1.82, 2.24) is 4.90 Å². The fraction of sp³-hybridized carbons (Fsp3) is 0.571. The molecule has 1 atom stereocenters. The van der Waals surface area contributed by atoms with Crippen molar-refractivity contribution in [1.29, 1.82) is 0 Å². The Balaban J connectivity index is 1.78. The van der Waals surface area contributed by atoms with Crippen LogP contribution < -0.4 is 9.64 Å². The lowest BCUT2D eigenvalue weighted by Gasteiger charge is -2.34. The standard InChI is InChI=1S/C14H19N2O/c1-11-9-12-3-4-13(10-14(12)17-11)16-7-5-15(2)6-8-16/h3-4,11H,5-9H2,1-2H3. The SMILES string of the molecule is CC1Cc2ccc(N3CCN(C)CC3)[c]c2O1. The van der Waals surface area contributed by atoms with E-state index in [1.54, 1.807) is 0 Å². The number of nitrogens with zero attached hydrogens (tertiary/aromatic N) is 2. The van der Waals surface area contributed by atoms with E-state index in [1.165, 1.54) is 11.3 Å². The minimum absolute atomic E-state index is 0.309. The first-order valence-corrected chi connectivity index (χ1v) is 6.38. The Hall–Kier alpha value is -1.22. The van der Waals surface area contributed by atoms with Gasteiger partial charge in [0.05, 0.1) is 6.07 Å². The second-order valence-electron chi connectivity index (χ2n) is 5.12. The quantitative estimate of drug-likeness (QED) is 0.729. The summed E-state index contributed by atoms with van der Waals surface area (Å²) in [6.45, 7) is 6.54. The average Bonchev–Trinajstić information content (AvgIpc) is 2.69. The predicted molar refractivity (Wildman–Crippen MR) is 68.8 cm³/mol. The van der Waals surface area contributed by atoms with Gasteiger partial charge in [0.1, 0.15) is 11.9 Å². The van der Waals surface area contributed by atoms with Gasteiger partial charge in [0.15, 0.2) is 0 Å². The van der Waals surface area contributed by atoms with Crippen molar-refractivity contribution in [3.63, 3.8) is 0 Å².